The van der Waals surface area contributed by atoms with Crippen LogP contribution in [0.2, 0.25) is 0 Å². The van der Waals surface area contributed by atoms with Gasteiger partial charge in [0.2, 0.25) is 0 Å². The molecule has 1 saturated heterocycles. The summed E-state index contributed by atoms with van der Waals surface area (Å²) in [6.07, 6.45) is 0. The molecular weight excluding hydrogens is 418 g/mol. The lowest BCUT2D eigenvalue weighted by atomic mass is 10.1. The highest BCUT2D eigenvalue weighted by atomic mass is 32.1. The van der Waals surface area contributed by atoms with Gasteiger partial charge in [-0.3, -0.25) is 4.79 Å². The van der Waals surface area contributed by atoms with Crippen molar-refractivity contribution in [3.63, 3.8) is 0 Å². The third-order valence-electron chi connectivity index (χ3n) is 5.79. The number of thiophene rings is 1. The number of carbonyl (C=O) groups excluding carboxylic acids is 1. The van der Waals surface area contributed by atoms with Gasteiger partial charge in [0.15, 0.2) is 0 Å². The van der Waals surface area contributed by atoms with Crippen molar-refractivity contribution in [3.8, 4) is 16.3 Å². The van der Waals surface area contributed by atoms with E-state index in [1.165, 1.54) is 0 Å². The maximum Gasteiger partial charge on any atom is 0.254 e. The number of hydrogen-bond acceptors (Lipinski definition) is 5. The van der Waals surface area contributed by atoms with Crippen LogP contribution in [0.15, 0.2) is 72.1 Å². The predicted molar refractivity (Wildman–Crippen MR) is 131 cm³/mol. The average molecular weight is 444 g/mol. The Balaban J connectivity index is 1.40. The van der Waals surface area contributed by atoms with Gasteiger partial charge in [-0.1, -0.05) is 36.4 Å². The molecule has 1 fully saturated rings. The monoisotopic (exact) mass is 443 g/mol. The van der Waals surface area contributed by atoms with Gasteiger partial charge in [0.05, 0.1) is 33.9 Å². The molecule has 0 saturated carbocycles. The molecule has 5 nitrogen and oxygen atoms in total. The molecule has 0 spiro atoms. The second-order valence-electron chi connectivity index (χ2n) is 7.73. The van der Waals surface area contributed by atoms with Crippen molar-refractivity contribution < 1.29 is 9.53 Å². The number of rotatable bonds is 5. The molecule has 0 atom stereocenters. The summed E-state index contributed by atoms with van der Waals surface area (Å²) in [6, 6.07) is 22.0. The van der Waals surface area contributed by atoms with Crippen LogP contribution in [0.4, 0.5) is 5.69 Å². The van der Waals surface area contributed by atoms with Crippen molar-refractivity contribution >= 4 is 33.8 Å². The maximum atomic E-state index is 13.6. The smallest absolute Gasteiger partial charge is 0.254 e. The summed E-state index contributed by atoms with van der Waals surface area (Å²) >= 11 is 1.64. The molecule has 6 heteroatoms. The van der Waals surface area contributed by atoms with Crippen LogP contribution in [-0.4, -0.2) is 48.6 Å². The van der Waals surface area contributed by atoms with Gasteiger partial charge < -0.3 is 14.5 Å². The van der Waals surface area contributed by atoms with Crippen LogP contribution < -0.4 is 9.64 Å². The lowest BCUT2D eigenvalue weighted by molar-refractivity contribution is 0.0748. The number of benzene rings is 2. The Bertz CT molecular complexity index is 1230. The molecule has 0 aliphatic carbocycles. The molecule has 4 aromatic rings. The fourth-order valence-electron chi connectivity index (χ4n) is 4.22. The summed E-state index contributed by atoms with van der Waals surface area (Å²) in [6.45, 7) is 5.52. The highest BCUT2D eigenvalue weighted by Gasteiger charge is 2.25. The Morgan fingerprint density at radius 3 is 2.56 bits per heavy atom. The fraction of sp³-hybridized carbons (Fsp3) is 0.231. The zero-order valence-electron chi connectivity index (χ0n) is 18.0. The largest absolute Gasteiger partial charge is 0.492 e. The number of ether oxygens (including phenoxy) is 1. The number of anilines is 1. The first-order valence-electron chi connectivity index (χ1n) is 10.9. The topological polar surface area (TPSA) is 45.7 Å². The van der Waals surface area contributed by atoms with Crippen LogP contribution in [0.1, 0.15) is 17.3 Å². The normalized spacial score (nSPS) is 14.0. The molecular formula is C26H25N3O2S. The first-order chi connectivity index (χ1) is 15.7. The quantitative estimate of drug-likeness (QED) is 0.419. The Hall–Kier alpha value is -3.38. The van der Waals surface area contributed by atoms with Crippen LogP contribution in [0.5, 0.6) is 5.75 Å². The number of nitrogens with zero attached hydrogens (tertiary/aromatic N) is 3. The molecule has 162 valence electrons. The number of para-hydroxylation sites is 3. The van der Waals surface area contributed by atoms with E-state index in [0.29, 0.717) is 19.7 Å². The highest BCUT2D eigenvalue weighted by Crippen LogP contribution is 2.31. The summed E-state index contributed by atoms with van der Waals surface area (Å²) in [5.41, 5.74) is 3.52. The van der Waals surface area contributed by atoms with Gasteiger partial charge in [-0.25, -0.2) is 4.98 Å². The van der Waals surface area contributed by atoms with Crippen molar-refractivity contribution in [1.29, 1.82) is 0 Å². The molecule has 1 aliphatic heterocycles. The minimum absolute atomic E-state index is 0.0687. The van der Waals surface area contributed by atoms with E-state index in [1.807, 2.05) is 77.9 Å². The zero-order chi connectivity index (χ0) is 21.9. The third-order valence-corrected chi connectivity index (χ3v) is 6.69. The lowest BCUT2D eigenvalue weighted by Gasteiger charge is -2.37. The summed E-state index contributed by atoms with van der Waals surface area (Å²) in [7, 11) is 0. The molecule has 2 aromatic carbocycles. The van der Waals surface area contributed by atoms with Crippen molar-refractivity contribution in [2.75, 3.05) is 37.7 Å². The van der Waals surface area contributed by atoms with E-state index in [2.05, 4.69) is 11.0 Å². The summed E-state index contributed by atoms with van der Waals surface area (Å²) in [5, 5.41) is 2.94. The molecule has 1 amide bonds. The molecule has 0 unspecified atom stereocenters. The maximum absolute atomic E-state index is 13.6. The second-order valence-corrected chi connectivity index (χ2v) is 8.68. The van der Waals surface area contributed by atoms with Gasteiger partial charge in [0, 0.05) is 31.6 Å². The van der Waals surface area contributed by atoms with Gasteiger partial charge in [0.1, 0.15) is 5.75 Å². The minimum atomic E-state index is 0.0687. The SMILES string of the molecule is CCOc1ccccc1N1CCN(C(=O)c2cc(-c3cccs3)nc3ccccc23)CC1. The van der Waals surface area contributed by atoms with Gasteiger partial charge >= 0.3 is 0 Å². The number of piperazine rings is 1. The number of hydrogen-bond donors (Lipinski definition) is 0. The molecule has 3 heterocycles. The first kappa shape index (κ1) is 20.5. The van der Waals surface area contributed by atoms with E-state index in [9.17, 15) is 4.79 Å². The Morgan fingerprint density at radius 1 is 1.00 bits per heavy atom. The van der Waals surface area contributed by atoms with Crippen LogP contribution in [0, 0.1) is 0 Å². The molecule has 5 rings (SSSR count). The molecule has 2 aromatic heterocycles. The van der Waals surface area contributed by atoms with Gasteiger partial charge in [-0.2, -0.15) is 0 Å². The number of aromatic nitrogens is 1. The predicted octanol–water partition coefficient (Wildman–Crippen LogP) is 5.32. The van der Waals surface area contributed by atoms with Gasteiger partial charge in [-0.05, 0) is 42.6 Å². The molecule has 0 radical (unpaired) electrons. The Morgan fingerprint density at radius 2 is 1.78 bits per heavy atom. The highest BCUT2D eigenvalue weighted by molar-refractivity contribution is 7.13. The Labute approximate surface area is 191 Å². The van der Waals surface area contributed by atoms with E-state index in [-0.39, 0.29) is 5.91 Å². The lowest BCUT2D eigenvalue weighted by Crippen LogP contribution is -2.49. The van der Waals surface area contributed by atoms with Crippen LogP contribution in [0.3, 0.4) is 0 Å². The van der Waals surface area contributed by atoms with Crippen molar-refractivity contribution in [1.82, 2.24) is 9.88 Å². The number of amides is 1. The van der Waals surface area contributed by atoms with Crippen molar-refractivity contribution in [2.45, 2.75) is 6.92 Å². The van der Waals surface area contributed by atoms with Crippen LogP contribution in [0.25, 0.3) is 21.5 Å². The fourth-order valence-corrected chi connectivity index (χ4v) is 4.91. The van der Waals surface area contributed by atoms with E-state index in [1.54, 1.807) is 11.3 Å². The Kier molecular flexibility index (Phi) is 5.77. The number of fused-ring (bicyclic) bond motifs is 1. The van der Waals surface area contributed by atoms with Crippen molar-refractivity contribution in [2.24, 2.45) is 0 Å². The van der Waals surface area contributed by atoms with Crippen molar-refractivity contribution in [3.05, 3.63) is 77.7 Å². The third kappa shape index (κ3) is 3.94. The molecule has 0 bridgehead atoms. The molecule has 1 aliphatic rings. The van der Waals surface area contributed by atoms with E-state index < -0.39 is 0 Å². The number of carbonyl (C=O) groups is 1. The molecule has 32 heavy (non-hydrogen) atoms. The standard InChI is InChI=1S/C26H25N3O2S/c1-2-31-24-11-6-5-10-23(24)28-13-15-29(16-14-28)26(30)20-18-22(25-12-7-17-32-25)27-21-9-4-3-8-19(20)21/h3-12,17-18H,2,13-16H2,1H3. The van der Waals surface area contributed by atoms with Crippen LogP contribution in [-0.2, 0) is 0 Å². The van der Waals surface area contributed by atoms with Gasteiger partial charge in [0.25, 0.3) is 5.91 Å². The van der Waals surface area contributed by atoms with Gasteiger partial charge in [-0.15, -0.1) is 11.3 Å². The van der Waals surface area contributed by atoms with E-state index in [0.717, 1.165) is 51.6 Å². The zero-order valence-corrected chi connectivity index (χ0v) is 18.8. The second kappa shape index (κ2) is 9.01. The minimum Gasteiger partial charge on any atom is -0.492 e. The van der Waals surface area contributed by atoms with E-state index in [4.69, 9.17) is 9.72 Å². The summed E-state index contributed by atoms with van der Waals surface area (Å²) in [4.78, 5) is 23.7. The van der Waals surface area contributed by atoms with Crippen LogP contribution >= 0.6 is 11.3 Å². The van der Waals surface area contributed by atoms with E-state index >= 15 is 0 Å². The average Bonchev–Trinajstić information content (AvgIpc) is 3.39. The first-order valence-corrected chi connectivity index (χ1v) is 11.8. The summed E-state index contributed by atoms with van der Waals surface area (Å²) in [5.74, 6) is 0.967. The number of pyridine rings is 1. The summed E-state index contributed by atoms with van der Waals surface area (Å²) < 4.78 is 5.80. The molecule has 0 N–H and O–H groups in total.